The predicted molar refractivity (Wildman–Crippen MR) is 83.7 cm³/mol. The molecular weight excluding hydrogens is 295 g/mol. The molecule has 6 heteroatoms. The third-order valence-electron chi connectivity index (χ3n) is 3.17. The van der Waals surface area contributed by atoms with Gasteiger partial charge in [0.1, 0.15) is 11.6 Å². The Morgan fingerprint density at radius 2 is 2.29 bits per heavy atom. The topological polar surface area (TPSA) is 50.4 Å². The number of ether oxygens (including phenoxy) is 1. The molecule has 0 saturated carbocycles. The Labute approximate surface area is 130 Å². The summed E-state index contributed by atoms with van der Waals surface area (Å²) in [5, 5.41) is 6.01. The first kappa shape index (κ1) is 17.7. The molecule has 1 atom stereocenters. The van der Waals surface area contributed by atoms with Crippen molar-refractivity contribution in [2.45, 2.75) is 45.3 Å². The fraction of sp³-hybridized carbons (Fsp3) is 0.533. The van der Waals surface area contributed by atoms with Crippen molar-refractivity contribution in [1.82, 2.24) is 5.32 Å². The number of rotatable bonds is 5. The first-order valence-corrected chi connectivity index (χ1v) is 7.04. The minimum Gasteiger partial charge on any atom is -0.489 e. The molecule has 21 heavy (non-hydrogen) atoms. The number of carbonyl (C=O) groups is 1. The molecule has 0 aliphatic carbocycles. The first-order chi connectivity index (χ1) is 9.54. The number of benzene rings is 1. The van der Waals surface area contributed by atoms with Gasteiger partial charge in [-0.2, -0.15) is 0 Å². The highest BCUT2D eigenvalue weighted by Crippen LogP contribution is 2.26. The van der Waals surface area contributed by atoms with Gasteiger partial charge in [-0.15, -0.1) is 12.4 Å². The highest BCUT2D eigenvalue weighted by molar-refractivity contribution is 5.92. The molecule has 0 radical (unpaired) electrons. The third kappa shape index (κ3) is 5.52. The van der Waals surface area contributed by atoms with Gasteiger partial charge in [-0.1, -0.05) is 0 Å². The summed E-state index contributed by atoms with van der Waals surface area (Å²) in [6, 6.07) is 4.38. The molecule has 2 rings (SSSR count). The maximum absolute atomic E-state index is 13.3. The maximum atomic E-state index is 13.3. The number of nitrogens with one attached hydrogen (secondary N) is 2. The Balaban J connectivity index is 0.00000220. The fourth-order valence-electron chi connectivity index (χ4n) is 2.31. The molecule has 1 aromatic rings. The summed E-state index contributed by atoms with van der Waals surface area (Å²) in [6.07, 6.45) is 2.47. The van der Waals surface area contributed by atoms with Gasteiger partial charge in [-0.3, -0.25) is 4.79 Å². The van der Waals surface area contributed by atoms with E-state index in [0.717, 1.165) is 19.4 Å². The average molecular weight is 317 g/mol. The summed E-state index contributed by atoms with van der Waals surface area (Å²) in [7, 11) is 0. The summed E-state index contributed by atoms with van der Waals surface area (Å²) in [5.41, 5.74) is 0.390. The molecule has 1 heterocycles. The normalized spacial score (nSPS) is 17.4. The second-order valence-corrected chi connectivity index (χ2v) is 5.35. The highest BCUT2D eigenvalue weighted by Gasteiger charge is 2.18. The Morgan fingerprint density at radius 3 is 2.90 bits per heavy atom. The van der Waals surface area contributed by atoms with Gasteiger partial charge in [0.25, 0.3) is 0 Å². The van der Waals surface area contributed by atoms with E-state index >= 15 is 0 Å². The lowest BCUT2D eigenvalue weighted by Gasteiger charge is -2.16. The second kappa shape index (κ2) is 8.20. The van der Waals surface area contributed by atoms with Gasteiger partial charge >= 0.3 is 0 Å². The third-order valence-corrected chi connectivity index (χ3v) is 3.17. The first-order valence-electron chi connectivity index (χ1n) is 7.04. The number of halogens is 2. The maximum Gasteiger partial charge on any atom is 0.226 e. The summed E-state index contributed by atoms with van der Waals surface area (Å²) < 4.78 is 18.9. The number of hydrogen-bond donors (Lipinski definition) is 2. The van der Waals surface area contributed by atoms with Gasteiger partial charge in [0.05, 0.1) is 11.8 Å². The summed E-state index contributed by atoms with van der Waals surface area (Å²) >= 11 is 0. The lowest BCUT2D eigenvalue weighted by molar-refractivity contribution is -0.116. The largest absolute Gasteiger partial charge is 0.489 e. The summed E-state index contributed by atoms with van der Waals surface area (Å²) in [6.45, 7) is 4.73. The molecule has 118 valence electrons. The van der Waals surface area contributed by atoms with Gasteiger partial charge < -0.3 is 15.4 Å². The van der Waals surface area contributed by atoms with Crippen molar-refractivity contribution in [2.75, 3.05) is 11.9 Å². The molecule has 1 aromatic carbocycles. The van der Waals surface area contributed by atoms with Crippen LogP contribution in [0.4, 0.5) is 10.1 Å². The lowest BCUT2D eigenvalue weighted by Crippen LogP contribution is -2.27. The van der Waals surface area contributed by atoms with E-state index in [4.69, 9.17) is 4.74 Å². The zero-order valence-corrected chi connectivity index (χ0v) is 13.1. The van der Waals surface area contributed by atoms with Crippen LogP contribution in [0.15, 0.2) is 18.2 Å². The Morgan fingerprint density at radius 1 is 1.52 bits per heavy atom. The molecule has 4 nitrogen and oxygen atoms in total. The van der Waals surface area contributed by atoms with Crippen molar-refractivity contribution >= 4 is 24.0 Å². The van der Waals surface area contributed by atoms with E-state index < -0.39 is 5.82 Å². The molecule has 0 aromatic heterocycles. The van der Waals surface area contributed by atoms with E-state index in [0.29, 0.717) is 17.9 Å². The van der Waals surface area contributed by atoms with Crippen LogP contribution in [0.5, 0.6) is 5.75 Å². The quantitative estimate of drug-likeness (QED) is 0.877. The summed E-state index contributed by atoms with van der Waals surface area (Å²) in [5.74, 6) is -0.0202. The van der Waals surface area contributed by atoms with Gasteiger partial charge in [-0.25, -0.2) is 4.39 Å². The molecule has 0 spiro atoms. The Bertz CT molecular complexity index is 477. The average Bonchev–Trinajstić information content (AvgIpc) is 2.84. The van der Waals surface area contributed by atoms with Crippen LogP contribution in [0.2, 0.25) is 0 Å². The number of carbonyl (C=O) groups excluding carboxylic acids is 1. The summed E-state index contributed by atoms with van der Waals surface area (Å²) in [4.78, 5) is 12.0. The molecule has 1 amide bonds. The fourth-order valence-corrected chi connectivity index (χ4v) is 2.31. The molecule has 0 bridgehead atoms. The van der Waals surface area contributed by atoms with Crippen molar-refractivity contribution in [1.29, 1.82) is 0 Å². The van der Waals surface area contributed by atoms with Crippen LogP contribution in [-0.2, 0) is 4.79 Å². The van der Waals surface area contributed by atoms with Crippen molar-refractivity contribution < 1.29 is 13.9 Å². The van der Waals surface area contributed by atoms with Crippen molar-refractivity contribution in [3.8, 4) is 5.75 Å². The minimum absolute atomic E-state index is 0. The molecule has 1 aliphatic heterocycles. The predicted octanol–water partition coefficient (Wildman–Crippen LogP) is 3.12. The van der Waals surface area contributed by atoms with Gasteiger partial charge in [0.15, 0.2) is 0 Å². The van der Waals surface area contributed by atoms with E-state index in [2.05, 4.69) is 10.6 Å². The molecule has 2 N–H and O–H groups in total. The van der Waals surface area contributed by atoms with Crippen molar-refractivity contribution in [3.63, 3.8) is 0 Å². The second-order valence-electron chi connectivity index (χ2n) is 5.35. The van der Waals surface area contributed by atoms with Crippen LogP contribution in [0.25, 0.3) is 0 Å². The van der Waals surface area contributed by atoms with E-state index in [1.54, 1.807) is 6.07 Å². The monoisotopic (exact) mass is 316 g/mol. The minimum atomic E-state index is -0.393. The van der Waals surface area contributed by atoms with Gasteiger partial charge in [0.2, 0.25) is 5.91 Å². The van der Waals surface area contributed by atoms with Crippen molar-refractivity contribution in [2.24, 2.45) is 0 Å². The number of anilines is 1. The number of hydrogen-bond acceptors (Lipinski definition) is 3. The Kier molecular flexibility index (Phi) is 6.92. The molecule has 1 aliphatic rings. The SMILES string of the molecule is CC(C)Oc1ccc(F)cc1NC(=O)CC1CCCN1.Cl. The van der Waals surface area contributed by atoms with E-state index in [1.807, 2.05) is 13.8 Å². The molecule has 1 fully saturated rings. The molecule has 1 unspecified atom stereocenters. The van der Waals surface area contributed by atoms with Gasteiger partial charge in [-0.05, 0) is 45.4 Å². The number of amides is 1. The lowest BCUT2D eigenvalue weighted by atomic mass is 10.1. The van der Waals surface area contributed by atoms with Crippen LogP contribution in [0, 0.1) is 5.82 Å². The Hall–Kier alpha value is -1.33. The smallest absolute Gasteiger partial charge is 0.226 e. The standard InChI is InChI=1S/C15H21FN2O2.ClH/c1-10(2)20-14-6-5-11(16)8-13(14)18-15(19)9-12-4-3-7-17-12;/h5-6,8,10,12,17H,3-4,7,9H2,1-2H3,(H,18,19);1H. The van der Waals surface area contributed by atoms with Crippen LogP contribution in [0.3, 0.4) is 0 Å². The highest BCUT2D eigenvalue weighted by atomic mass is 35.5. The zero-order valence-electron chi connectivity index (χ0n) is 12.3. The van der Waals surface area contributed by atoms with E-state index in [1.165, 1.54) is 12.1 Å². The van der Waals surface area contributed by atoms with Crippen LogP contribution in [0.1, 0.15) is 33.1 Å². The van der Waals surface area contributed by atoms with Gasteiger partial charge in [0, 0.05) is 18.5 Å². The molecular formula is C15H22ClFN2O2. The van der Waals surface area contributed by atoms with Crippen LogP contribution < -0.4 is 15.4 Å². The molecule has 1 saturated heterocycles. The van der Waals surface area contributed by atoms with Crippen LogP contribution in [-0.4, -0.2) is 24.6 Å². The zero-order chi connectivity index (χ0) is 14.5. The van der Waals surface area contributed by atoms with E-state index in [-0.39, 0.29) is 30.5 Å². The van der Waals surface area contributed by atoms with E-state index in [9.17, 15) is 9.18 Å². The van der Waals surface area contributed by atoms with Crippen molar-refractivity contribution in [3.05, 3.63) is 24.0 Å². The van der Waals surface area contributed by atoms with Crippen LogP contribution >= 0.6 is 12.4 Å².